The third kappa shape index (κ3) is 6.58. The summed E-state index contributed by atoms with van der Waals surface area (Å²) in [6, 6.07) is 9.32. The van der Waals surface area contributed by atoms with E-state index in [0.29, 0.717) is 17.0 Å². The third-order valence-corrected chi connectivity index (χ3v) is 7.86. The van der Waals surface area contributed by atoms with Crippen molar-refractivity contribution in [2.45, 2.75) is 50.7 Å². The molecule has 0 radical (unpaired) electrons. The molecule has 2 fully saturated rings. The molecule has 0 atom stereocenters. The normalized spacial score (nSPS) is 19.0. The van der Waals surface area contributed by atoms with Crippen molar-refractivity contribution in [1.82, 2.24) is 15.1 Å². The van der Waals surface area contributed by atoms with Crippen LogP contribution in [0.1, 0.15) is 53.8 Å². The monoisotopic (exact) mass is 479 g/mol. The number of hydrogen-bond donors (Lipinski definition) is 1. The number of amides is 1. The molecule has 8 heteroatoms. The number of alkyl halides is 3. The molecule has 3 heterocycles. The fraction of sp³-hybridized carbons (Fsp3) is 0.560. The van der Waals surface area contributed by atoms with Crippen LogP contribution < -0.4 is 5.32 Å². The van der Waals surface area contributed by atoms with Gasteiger partial charge in [0, 0.05) is 17.5 Å². The SMILES string of the molecule is O=C(NCCCN1CCC(N2CCCCC2)CC1)c1ccc(-c2ccc(C(F)(F)F)cc2)s1. The van der Waals surface area contributed by atoms with Gasteiger partial charge in [-0.25, -0.2) is 0 Å². The lowest BCUT2D eigenvalue weighted by molar-refractivity contribution is -0.137. The number of carbonyl (C=O) groups excluding carboxylic acids is 1. The van der Waals surface area contributed by atoms with Crippen LogP contribution in [-0.4, -0.2) is 61.0 Å². The van der Waals surface area contributed by atoms with Crippen molar-refractivity contribution in [2.75, 3.05) is 39.3 Å². The summed E-state index contributed by atoms with van der Waals surface area (Å²) in [6.45, 7) is 6.42. The molecule has 1 N–H and O–H groups in total. The van der Waals surface area contributed by atoms with Gasteiger partial charge in [0.2, 0.25) is 0 Å². The van der Waals surface area contributed by atoms with Crippen LogP contribution in [0, 0.1) is 0 Å². The van der Waals surface area contributed by atoms with Gasteiger partial charge < -0.3 is 15.1 Å². The number of rotatable bonds is 7. The highest BCUT2D eigenvalue weighted by Crippen LogP contribution is 2.33. The Labute approximate surface area is 197 Å². The van der Waals surface area contributed by atoms with Gasteiger partial charge in [0.1, 0.15) is 0 Å². The minimum absolute atomic E-state index is 0.123. The van der Waals surface area contributed by atoms with E-state index >= 15 is 0 Å². The molecule has 2 aromatic rings. The summed E-state index contributed by atoms with van der Waals surface area (Å²) in [6.07, 6.45) is 3.12. The Morgan fingerprint density at radius 3 is 2.33 bits per heavy atom. The van der Waals surface area contributed by atoms with E-state index in [1.807, 2.05) is 0 Å². The average Bonchev–Trinajstić information content (AvgIpc) is 3.33. The van der Waals surface area contributed by atoms with E-state index < -0.39 is 11.7 Å². The molecule has 1 amide bonds. The minimum Gasteiger partial charge on any atom is -0.351 e. The van der Waals surface area contributed by atoms with Gasteiger partial charge in [0.25, 0.3) is 5.91 Å². The van der Waals surface area contributed by atoms with E-state index in [4.69, 9.17) is 0 Å². The van der Waals surface area contributed by atoms with Crippen LogP contribution in [0.15, 0.2) is 36.4 Å². The first-order valence-corrected chi connectivity index (χ1v) is 12.7. The maximum Gasteiger partial charge on any atom is 0.416 e. The van der Waals surface area contributed by atoms with Gasteiger partial charge >= 0.3 is 6.18 Å². The molecule has 1 aromatic heterocycles. The number of nitrogens with zero attached hydrogens (tertiary/aromatic N) is 2. The van der Waals surface area contributed by atoms with E-state index in [1.165, 1.54) is 68.7 Å². The van der Waals surface area contributed by atoms with Crippen LogP contribution in [-0.2, 0) is 6.18 Å². The Morgan fingerprint density at radius 1 is 0.970 bits per heavy atom. The van der Waals surface area contributed by atoms with Crippen molar-refractivity contribution in [3.63, 3.8) is 0 Å². The van der Waals surface area contributed by atoms with Crippen LogP contribution in [0.25, 0.3) is 10.4 Å². The number of benzene rings is 1. The van der Waals surface area contributed by atoms with Gasteiger partial charge in [-0.3, -0.25) is 4.79 Å². The van der Waals surface area contributed by atoms with E-state index in [1.54, 1.807) is 12.1 Å². The quantitative estimate of drug-likeness (QED) is 0.533. The number of piperidine rings is 2. The van der Waals surface area contributed by atoms with Gasteiger partial charge in [0.05, 0.1) is 10.4 Å². The van der Waals surface area contributed by atoms with Crippen molar-refractivity contribution in [3.05, 3.63) is 46.8 Å². The largest absolute Gasteiger partial charge is 0.416 e. The van der Waals surface area contributed by atoms with Gasteiger partial charge in [0.15, 0.2) is 0 Å². The second-order valence-electron chi connectivity index (χ2n) is 9.02. The maximum absolute atomic E-state index is 12.7. The first-order valence-electron chi connectivity index (χ1n) is 11.9. The molecular formula is C25H32F3N3OS. The molecule has 0 spiro atoms. The highest BCUT2D eigenvalue weighted by molar-refractivity contribution is 7.17. The standard InChI is InChI=1S/C25H32F3N3OS/c26-25(27,28)20-7-5-19(6-8-20)22-9-10-23(33-22)24(32)29-13-4-14-30-17-11-21(12-18-30)31-15-2-1-3-16-31/h5-10,21H,1-4,11-18H2,(H,29,32). The summed E-state index contributed by atoms with van der Waals surface area (Å²) in [5.41, 5.74) is 0.0106. The second-order valence-corrected chi connectivity index (χ2v) is 10.1. The lowest BCUT2D eigenvalue weighted by Gasteiger charge is -2.40. The fourth-order valence-electron chi connectivity index (χ4n) is 4.82. The molecule has 0 unspecified atom stereocenters. The van der Waals surface area contributed by atoms with Crippen LogP contribution in [0.2, 0.25) is 0 Å². The molecular weight excluding hydrogens is 447 g/mol. The molecule has 2 aliphatic rings. The molecule has 2 saturated heterocycles. The Morgan fingerprint density at radius 2 is 1.67 bits per heavy atom. The minimum atomic E-state index is -4.34. The molecule has 33 heavy (non-hydrogen) atoms. The van der Waals surface area contributed by atoms with Gasteiger partial charge in [-0.2, -0.15) is 13.2 Å². The average molecular weight is 480 g/mol. The number of thiophene rings is 1. The second kappa shape index (κ2) is 11.0. The van der Waals surface area contributed by atoms with Crippen LogP contribution >= 0.6 is 11.3 Å². The zero-order valence-corrected chi connectivity index (χ0v) is 19.7. The third-order valence-electron chi connectivity index (χ3n) is 6.73. The summed E-state index contributed by atoms with van der Waals surface area (Å²) in [7, 11) is 0. The molecule has 180 valence electrons. The number of nitrogens with one attached hydrogen (secondary N) is 1. The highest BCUT2D eigenvalue weighted by Gasteiger charge is 2.30. The zero-order valence-electron chi connectivity index (χ0n) is 18.9. The van der Waals surface area contributed by atoms with Gasteiger partial charge in [-0.05, 0) is 94.7 Å². The summed E-state index contributed by atoms with van der Waals surface area (Å²) >= 11 is 1.30. The predicted octanol–water partition coefficient (Wildman–Crippen LogP) is 5.50. The maximum atomic E-state index is 12.7. The van der Waals surface area contributed by atoms with Crippen LogP contribution in [0.3, 0.4) is 0 Å². The van der Waals surface area contributed by atoms with E-state index in [2.05, 4.69) is 15.1 Å². The van der Waals surface area contributed by atoms with Crippen LogP contribution in [0.4, 0.5) is 13.2 Å². The van der Waals surface area contributed by atoms with Crippen molar-refractivity contribution in [3.8, 4) is 10.4 Å². The van der Waals surface area contributed by atoms with Crippen molar-refractivity contribution >= 4 is 17.2 Å². The first-order chi connectivity index (χ1) is 15.9. The Hall–Kier alpha value is -1.90. The van der Waals surface area contributed by atoms with Crippen molar-refractivity contribution in [1.29, 1.82) is 0 Å². The summed E-state index contributed by atoms with van der Waals surface area (Å²) in [5, 5.41) is 2.98. The summed E-state index contributed by atoms with van der Waals surface area (Å²) in [4.78, 5) is 19.0. The fourth-order valence-corrected chi connectivity index (χ4v) is 5.75. The van der Waals surface area contributed by atoms with Gasteiger partial charge in [-0.15, -0.1) is 11.3 Å². The molecule has 4 rings (SSSR count). The molecule has 0 saturated carbocycles. The smallest absolute Gasteiger partial charge is 0.351 e. The predicted molar refractivity (Wildman–Crippen MR) is 127 cm³/mol. The lowest BCUT2D eigenvalue weighted by Crippen LogP contribution is -2.47. The van der Waals surface area contributed by atoms with E-state index in [9.17, 15) is 18.0 Å². The number of halogens is 3. The molecule has 1 aromatic carbocycles. The number of carbonyl (C=O) groups is 1. The Bertz CT molecular complexity index is 898. The molecule has 4 nitrogen and oxygen atoms in total. The number of hydrogen-bond acceptors (Lipinski definition) is 4. The van der Waals surface area contributed by atoms with E-state index in [-0.39, 0.29) is 5.91 Å². The summed E-state index contributed by atoms with van der Waals surface area (Å²) < 4.78 is 38.2. The lowest BCUT2D eigenvalue weighted by atomic mass is 10.00. The zero-order chi connectivity index (χ0) is 23.3. The molecule has 0 aliphatic carbocycles. The van der Waals surface area contributed by atoms with E-state index in [0.717, 1.165) is 49.1 Å². The van der Waals surface area contributed by atoms with Crippen molar-refractivity contribution < 1.29 is 18.0 Å². The van der Waals surface area contributed by atoms with Crippen LogP contribution in [0.5, 0.6) is 0 Å². The summed E-state index contributed by atoms with van der Waals surface area (Å²) in [5.74, 6) is -0.123. The Kier molecular flexibility index (Phi) is 8.09. The van der Waals surface area contributed by atoms with Crippen molar-refractivity contribution in [2.24, 2.45) is 0 Å². The highest BCUT2D eigenvalue weighted by atomic mass is 32.1. The number of likely N-dealkylation sites (tertiary alicyclic amines) is 2. The van der Waals surface area contributed by atoms with Gasteiger partial charge in [-0.1, -0.05) is 18.6 Å². The first kappa shape index (κ1) is 24.2. The topological polar surface area (TPSA) is 35.6 Å². The molecule has 2 aliphatic heterocycles. The molecule has 0 bridgehead atoms. The Balaban J connectivity index is 1.17.